The highest BCUT2D eigenvalue weighted by Gasteiger charge is 2.37. The highest BCUT2D eigenvalue weighted by Crippen LogP contribution is 2.26. The summed E-state index contributed by atoms with van der Waals surface area (Å²) in [5, 5.41) is 2.72. The number of carbonyl (C=O) groups is 3. The number of nitrogens with zero attached hydrogens (tertiary/aromatic N) is 1. The molecule has 0 aromatic heterocycles. The van der Waals surface area contributed by atoms with Gasteiger partial charge in [-0.05, 0) is 59.3 Å². The summed E-state index contributed by atoms with van der Waals surface area (Å²) in [6, 6.07) is -0.366. The Labute approximate surface area is 188 Å². The van der Waals surface area contributed by atoms with Gasteiger partial charge in [0.15, 0.2) is 0 Å². The molecule has 0 fully saturated rings. The lowest BCUT2D eigenvalue weighted by Gasteiger charge is -2.25. The molecule has 0 spiro atoms. The predicted molar refractivity (Wildman–Crippen MR) is 123 cm³/mol. The number of hydrogen-bond acceptors (Lipinski definition) is 5. The van der Waals surface area contributed by atoms with Crippen LogP contribution in [0.1, 0.15) is 86.0 Å². The van der Waals surface area contributed by atoms with Crippen molar-refractivity contribution in [2.24, 2.45) is 0 Å². The number of carbonyl (C=O) groups excluding carboxylic acids is 3. The lowest BCUT2D eigenvalue weighted by atomic mass is 10.1. The number of nitrogens with one attached hydrogen (secondary N) is 1. The van der Waals surface area contributed by atoms with Crippen LogP contribution in [-0.4, -0.2) is 48.1 Å². The monoisotopic (exact) mass is 438 g/mol. The Kier molecular flexibility index (Phi) is 14.3. The molecule has 0 saturated carbocycles. The van der Waals surface area contributed by atoms with Crippen molar-refractivity contribution in [1.29, 1.82) is 0 Å². The molecule has 1 atom stereocenters. The van der Waals surface area contributed by atoms with E-state index in [9.17, 15) is 14.4 Å². The van der Waals surface area contributed by atoms with E-state index in [2.05, 4.69) is 11.9 Å². The normalized spacial score (nSPS) is 15.5. The van der Waals surface area contributed by atoms with Gasteiger partial charge in [-0.25, -0.2) is 4.79 Å². The van der Waals surface area contributed by atoms with Crippen LogP contribution >= 0.6 is 0 Å². The Morgan fingerprint density at radius 3 is 2.42 bits per heavy atom. The summed E-state index contributed by atoms with van der Waals surface area (Å²) in [6.07, 6.45) is 8.85. The Hall–Kier alpha value is -2.31. The van der Waals surface area contributed by atoms with E-state index >= 15 is 0 Å². The fourth-order valence-electron chi connectivity index (χ4n) is 3.16. The Morgan fingerprint density at radius 1 is 1.16 bits per heavy atom. The van der Waals surface area contributed by atoms with Crippen molar-refractivity contribution in [3.8, 4) is 0 Å². The van der Waals surface area contributed by atoms with E-state index in [4.69, 9.17) is 9.47 Å². The zero-order chi connectivity index (χ0) is 23.9. The number of unbranched alkanes of at least 4 members (excludes halogenated alkanes) is 4. The predicted octanol–water partition coefficient (Wildman–Crippen LogP) is 5.11. The fourth-order valence-corrected chi connectivity index (χ4v) is 3.16. The van der Waals surface area contributed by atoms with Crippen molar-refractivity contribution in [1.82, 2.24) is 10.2 Å². The van der Waals surface area contributed by atoms with E-state index in [1.807, 2.05) is 40.7 Å². The Balaban J connectivity index is 0.00000436. The summed E-state index contributed by atoms with van der Waals surface area (Å²) in [5.41, 5.74) is -0.529. The molecule has 0 radical (unpaired) electrons. The summed E-state index contributed by atoms with van der Waals surface area (Å²) < 4.78 is 10.5. The topological polar surface area (TPSA) is 84.9 Å². The Morgan fingerprint density at radius 2 is 1.84 bits per heavy atom. The zero-order valence-corrected chi connectivity index (χ0v) is 20.3. The summed E-state index contributed by atoms with van der Waals surface area (Å²) >= 11 is 0. The molecular formula is C24H42N2O5. The number of hydrogen-bond donors (Lipinski definition) is 1. The number of methoxy groups -OCH3 is 1. The first kappa shape index (κ1) is 28.7. The molecule has 1 aliphatic rings. The standard InChI is InChI=1S/C22H36N2O5.C2H6/c1-6-7-8-9-10-14-19(25)24-17(18(28-5)16-20(24)26)13-11-12-15-23-21(27)29-22(2,3)4;1-2/h6,16-17H,1,7-15H2,2-5H3,(H,23,27);1-2H3. The second-order valence-corrected chi connectivity index (χ2v) is 8.18. The number of imide groups is 1. The molecule has 0 aromatic rings. The van der Waals surface area contributed by atoms with Gasteiger partial charge in [0.1, 0.15) is 11.4 Å². The number of allylic oxidation sites excluding steroid dienone is 1. The molecule has 1 aliphatic heterocycles. The van der Waals surface area contributed by atoms with Crippen LogP contribution < -0.4 is 5.32 Å². The number of amides is 3. The van der Waals surface area contributed by atoms with Crippen molar-refractivity contribution >= 4 is 17.9 Å². The molecule has 0 bridgehead atoms. The molecule has 31 heavy (non-hydrogen) atoms. The lowest BCUT2D eigenvalue weighted by molar-refractivity contribution is -0.143. The summed E-state index contributed by atoms with van der Waals surface area (Å²) in [5.74, 6) is 0.0544. The van der Waals surface area contributed by atoms with Gasteiger partial charge in [0, 0.05) is 19.0 Å². The number of ether oxygens (including phenoxy) is 2. The first-order valence-corrected chi connectivity index (χ1v) is 11.4. The largest absolute Gasteiger partial charge is 0.499 e. The third-order valence-electron chi connectivity index (χ3n) is 4.52. The lowest BCUT2D eigenvalue weighted by Crippen LogP contribution is -2.40. The van der Waals surface area contributed by atoms with Gasteiger partial charge >= 0.3 is 6.09 Å². The van der Waals surface area contributed by atoms with Gasteiger partial charge in [-0.15, -0.1) is 6.58 Å². The minimum Gasteiger partial charge on any atom is -0.499 e. The summed E-state index contributed by atoms with van der Waals surface area (Å²) in [4.78, 5) is 37.9. The molecule has 1 unspecified atom stereocenters. The van der Waals surface area contributed by atoms with Gasteiger partial charge in [-0.1, -0.05) is 26.3 Å². The molecule has 0 saturated heterocycles. The second-order valence-electron chi connectivity index (χ2n) is 8.18. The van der Waals surface area contributed by atoms with E-state index in [-0.39, 0.29) is 17.9 Å². The molecule has 0 aliphatic carbocycles. The van der Waals surface area contributed by atoms with Crippen LogP contribution in [0.4, 0.5) is 4.79 Å². The first-order chi connectivity index (χ1) is 14.7. The maximum absolute atomic E-state index is 12.6. The van der Waals surface area contributed by atoms with E-state index in [0.29, 0.717) is 31.6 Å². The van der Waals surface area contributed by atoms with Crippen molar-refractivity contribution in [3.05, 3.63) is 24.5 Å². The average Bonchev–Trinajstić information content (AvgIpc) is 3.03. The third-order valence-corrected chi connectivity index (χ3v) is 4.52. The van der Waals surface area contributed by atoms with Crippen LogP contribution in [0.5, 0.6) is 0 Å². The van der Waals surface area contributed by atoms with Crippen LogP contribution in [0.3, 0.4) is 0 Å². The third kappa shape index (κ3) is 11.6. The van der Waals surface area contributed by atoms with Crippen molar-refractivity contribution in [2.75, 3.05) is 13.7 Å². The number of rotatable bonds is 12. The summed E-state index contributed by atoms with van der Waals surface area (Å²) in [6.45, 7) is 13.6. The maximum atomic E-state index is 12.6. The van der Waals surface area contributed by atoms with Crippen molar-refractivity contribution in [2.45, 2.75) is 97.6 Å². The first-order valence-electron chi connectivity index (χ1n) is 11.4. The summed E-state index contributed by atoms with van der Waals surface area (Å²) in [7, 11) is 1.51. The van der Waals surface area contributed by atoms with Gasteiger partial charge in [0.2, 0.25) is 5.91 Å². The van der Waals surface area contributed by atoms with Gasteiger partial charge < -0.3 is 14.8 Å². The SMILES string of the molecule is C=CCCCCCC(=O)N1C(=O)C=C(OC)C1CCCCNC(=O)OC(C)(C)C.CC. The molecule has 7 heteroatoms. The number of alkyl carbamates (subject to hydrolysis) is 1. The quantitative estimate of drug-likeness (QED) is 0.338. The van der Waals surface area contributed by atoms with E-state index < -0.39 is 11.7 Å². The van der Waals surface area contributed by atoms with Gasteiger partial charge in [0.05, 0.1) is 13.2 Å². The van der Waals surface area contributed by atoms with E-state index in [0.717, 1.165) is 32.1 Å². The molecule has 7 nitrogen and oxygen atoms in total. The smallest absolute Gasteiger partial charge is 0.407 e. The van der Waals surface area contributed by atoms with E-state index in [1.165, 1.54) is 18.1 Å². The van der Waals surface area contributed by atoms with Gasteiger partial charge in [0.25, 0.3) is 5.91 Å². The Bertz CT molecular complexity index is 608. The molecule has 1 N–H and O–H groups in total. The average molecular weight is 439 g/mol. The zero-order valence-electron chi connectivity index (χ0n) is 20.3. The molecule has 3 amide bonds. The van der Waals surface area contributed by atoms with Crippen LogP contribution in [-0.2, 0) is 19.1 Å². The van der Waals surface area contributed by atoms with Crippen molar-refractivity contribution < 1.29 is 23.9 Å². The maximum Gasteiger partial charge on any atom is 0.407 e. The highest BCUT2D eigenvalue weighted by atomic mass is 16.6. The van der Waals surface area contributed by atoms with Crippen LogP contribution in [0.25, 0.3) is 0 Å². The molecular weight excluding hydrogens is 396 g/mol. The van der Waals surface area contributed by atoms with Crippen LogP contribution in [0.2, 0.25) is 0 Å². The molecule has 0 aromatic carbocycles. The minimum absolute atomic E-state index is 0.159. The molecule has 1 rings (SSSR count). The minimum atomic E-state index is -0.529. The highest BCUT2D eigenvalue weighted by molar-refractivity contribution is 6.04. The second kappa shape index (κ2) is 15.5. The van der Waals surface area contributed by atoms with Crippen molar-refractivity contribution in [3.63, 3.8) is 0 Å². The van der Waals surface area contributed by atoms with E-state index in [1.54, 1.807) is 0 Å². The van der Waals surface area contributed by atoms with Crippen LogP contribution in [0, 0.1) is 0 Å². The van der Waals surface area contributed by atoms with Gasteiger partial charge in [-0.3, -0.25) is 14.5 Å². The molecule has 1 heterocycles. The fraction of sp³-hybridized carbons (Fsp3) is 0.708. The molecule has 178 valence electrons. The van der Waals surface area contributed by atoms with Crippen LogP contribution in [0.15, 0.2) is 24.5 Å². The van der Waals surface area contributed by atoms with Gasteiger partial charge in [-0.2, -0.15) is 0 Å².